The van der Waals surface area contributed by atoms with E-state index in [9.17, 15) is 13.2 Å². The molecule has 0 saturated carbocycles. The van der Waals surface area contributed by atoms with Gasteiger partial charge in [-0.05, 0) is 61.7 Å². The van der Waals surface area contributed by atoms with Crippen LogP contribution in [-0.4, -0.2) is 48.0 Å². The number of thioether (sulfide) groups is 1. The van der Waals surface area contributed by atoms with Crippen molar-refractivity contribution in [3.63, 3.8) is 0 Å². The standard InChI is InChI=1S/C20H25N5O3S2/c1-21-30(27,28)16-9-6-15(7-10-16)8-11-19(26)22-17(12-14-29-2)20-24-23-18-5-3-4-13-25(18)20/h3-7,9-10,13,17,21H,8,11-12,14H2,1-2H3,(H,22,26). The summed E-state index contributed by atoms with van der Waals surface area (Å²) in [6, 6.07) is 12.0. The van der Waals surface area contributed by atoms with Crippen LogP contribution in [0, 0.1) is 0 Å². The predicted octanol–water partition coefficient (Wildman–Crippen LogP) is 2.18. The summed E-state index contributed by atoms with van der Waals surface area (Å²) in [4.78, 5) is 12.8. The average Bonchev–Trinajstić information content (AvgIpc) is 3.19. The second-order valence-electron chi connectivity index (χ2n) is 6.74. The van der Waals surface area contributed by atoms with E-state index in [1.807, 2.05) is 35.1 Å². The van der Waals surface area contributed by atoms with Gasteiger partial charge in [-0.1, -0.05) is 18.2 Å². The van der Waals surface area contributed by atoms with Crippen molar-refractivity contribution in [1.29, 1.82) is 0 Å². The van der Waals surface area contributed by atoms with Gasteiger partial charge in [-0.3, -0.25) is 9.20 Å². The van der Waals surface area contributed by atoms with E-state index in [-0.39, 0.29) is 16.8 Å². The Morgan fingerprint density at radius 2 is 1.93 bits per heavy atom. The summed E-state index contributed by atoms with van der Waals surface area (Å²) in [6.45, 7) is 0. The van der Waals surface area contributed by atoms with Gasteiger partial charge in [0.25, 0.3) is 0 Å². The van der Waals surface area contributed by atoms with Gasteiger partial charge < -0.3 is 5.32 Å². The molecule has 3 aromatic rings. The molecule has 3 rings (SSSR count). The molecule has 8 nitrogen and oxygen atoms in total. The maximum Gasteiger partial charge on any atom is 0.240 e. The van der Waals surface area contributed by atoms with Gasteiger partial charge in [-0.15, -0.1) is 10.2 Å². The summed E-state index contributed by atoms with van der Waals surface area (Å²) in [5, 5.41) is 11.6. The van der Waals surface area contributed by atoms with Crippen LogP contribution in [0.25, 0.3) is 5.65 Å². The predicted molar refractivity (Wildman–Crippen MR) is 118 cm³/mol. The third-order valence-electron chi connectivity index (χ3n) is 4.74. The van der Waals surface area contributed by atoms with Crippen LogP contribution in [0.2, 0.25) is 0 Å². The number of amides is 1. The lowest BCUT2D eigenvalue weighted by molar-refractivity contribution is -0.121. The minimum Gasteiger partial charge on any atom is -0.346 e. The Morgan fingerprint density at radius 1 is 1.17 bits per heavy atom. The molecule has 10 heteroatoms. The number of nitrogens with zero attached hydrogens (tertiary/aromatic N) is 3. The van der Waals surface area contributed by atoms with Gasteiger partial charge in [0.1, 0.15) is 0 Å². The highest BCUT2D eigenvalue weighted by Crippen LogP contribution is 2.19. The molecule has 0 bridgehead atoms. The van der Waals surface area contributed by atoms with E-state index in [4.69, 9.17) is 0 Å². The molecule has 1 atom stereocenters. The lowest BCUT2D eigenvalue weighted by Crippen LogP contribution is -2.30. The van der Waals surface area contributed by atoms with E-state index >= 15 is 0 Å². The van der Waals surface area contributed by atoms with Gasteiger partial charge in [0, 0.05) is 12.6 Å². The van der Waals surface area contributed by atoms with Crippen molar-refractivity contribution in [1.82, 2.24) is 24.6 Å². The Morgan fingerprint density at radius 3 is 2.63 bits per heavy atom. The third-order valence-corrected chi connectivity index (χ3v) is 6.81. The number of rotatable bonds is 10. The smallest absolute Gasteiger partial charge is 0.240 e. The molecule has 2 aromatic heterocycles. The molecule has 0 radical (unpaired) electrons. The molecular formula is C20H25N5O3S2. The summed E-state index contributed by atoms with van der Waals surface area (Å²) in [6.07, 6.45) is 5.48. The Hall–Kier alpha value is -2.43. The number of hydrogen-bond donors (Lipinski definition) is 2. The zero-order chi connectivity index (χ0) is 21.6. The molecule has 2 heterocycles. The molecular weight excluding hydrogens is 422 g/mol. The molecule has 0 spiro atoms. The normalized spacial score (nSPS) is 12.7. The lowest BCUT2D eigenvalue weighted by Gasteiger charge is -2.17. The largest absolute Gasteiger partial charge is 0.346 e. The summed E-state index contributed by atoms with van der Waals surface area (Å²) >= 11 is 1.71. The Bertz CT molecular complexity index is 1100. The van der Waals surface area contributed by atoms with Crippen molar-refractivity contribution in [3.05, 3.63) is 60.0 Å². The van der Waals surface area contributed by atoms with E-state index in [1.54, 1.807) is 36.0 Å². The van der Waals surface area contributed by atoms with E-state index in [0.717, 1.165) is 29.2 Å². The van der Waals surface area contributed by atoms with E-state index in [0.29, 0.717) is 12.8 Å². The fourth-order valence-electron chi connectivity index (χ4n) is 3.08. The number of carbonyl (C=O) groups excluding carboxylic acids is 1. The van der Waals surface area contributed by atoms with Crippen LogP contribution < -0.4 is 10.0 Å². The highest BCUT2D eigenvalue weighted by molar-refractivity contribution is 7.98. The van der Waals surface area contributed by atoms with Crippen molar-refractivity contribution in [2.24, 2.45) is 0 Å². The summed E-state index contributed by atoms with van der Waals surface area (Å²) in [5.41, 5.74) is 1.64. The molecule has 1 unspecified atom stereocenters. The molecule has 1 aromatic carbocycles. The van der Waals surface area contributed by atoms with Gasteiger partial charge in [-0.2, -0.15) is 11.8 Å². The number of benzene rings is 1. The van der Waals surface area contributed by atoms with Crippen LogP contribution in [0.5, 0.6) is 0 Å². The topological polar surface area (TPSA) is 105 Å². The fraction of sp³-hybridized carbons (Fsp3) is 0.350. The highest BCUT2D eigenvalue weighted by Gasteiger charge is 2.20. The minimum absolute atomic E-state index is 0.0827. The monoisotopic (exact) mass is 447 g/mol. The Kier molecular flexibility index (Phi) is 7.46. The van der Waals surface area contributed by atoms with E-state index in [1.165, 1.54) is 7.05 Å². The number of sulfonamides is 1. The quantitative estimate of drug-likeness (QED) is 0.494. The van der Waals surface area contributed by atoms with Crippen molar-refractivity contribution >= 4 is 33.3 Å². The molecule has 30 heavy (non-hydrogen) atoms. The van der Waals surface area contributed by atoms with Crippen LogP contribution in [0.4, 0.5) is 0 Å². The van der Waals surface area contributed by atoms with E-state index < -0.39 is 10.0 Å². The Balaban J connectivity index is 1.65. The maximum absolute atomic E-state index is 12.6. The lowest BCUT2D eigenvalue weighted by atomic mass is 10.1. The first kappa shape index (κ1) is 22.3. The van der Waals surface area contributed by atoms with Crippen molar-refractivity contribution in [2.45, 2.75) is 30.2 Å². The van der Waals surface area contributed by atoms with Crippen molar-refractivity contribution in [2.75, 3.05) is 19.1 Å². The van der Waals surface area contributed by atoms with Crippen molar-refractivity contribution in [3.8, 4) is 0 Å². The fourth-order valence-corrected chi connectivity index (χ4v) is 4.28. The first-order valence-corrected chi connectivity index (χ1v) is 12.4. The molecule has 0 aliphatic carbocycles. The van der Waals surface area contributed by atoms with Gasteiger partial charge in [0.05, 0.1) is 10.9 Å². The summed E-state index contributed by atoms with van der Waals surface area (Å²) in [5.74, 6) is 1.52. The number of pyridine rings is 1. The van der Waals surface area contributed by atoms with Gasteiger partial charge >= 0.3 is 0 Å². The number of aryl methyl sites for hydroxylation is 1. The zero-order valence-corrected chi connectivity index (χ0v) is 18.5. The molecule has 0 fully saturated rings. The van der Waals surface area contributed by atoms with Crippen LogP contribution in [0.3, 0.4) is 0 Å². The second kappa shape index (κ2) is 10.1. The number of nitrogens with one attached hydrogen (secondary N) is 2. The van der Waals surface area contributed by atoms with E-state index in [2.05, 4.69) is 20.2 Å². The van der Waals surface area contributed by atoms with Crippen LogP contribution in [-0.2, 0) is 21.2 Å². The number of hydrogen-bond acceptors (Lipinski definition) is 6. The van der Waals surface area contributed by atoms with Gasteiger partial charge in [0.15, 0.2) is 11.5 Å². The van der Waals surface area contributed by atoms with Gasteiger partial charge in [0.2, 0.25) is 15.9 Å². The zero-order valence-electron chi connectivity index (χ0n) is 16.9. The van der Waals surface area contributed by atoms with Crippen LogP contribution >= 0.6 is 11.8 Å². The first-order chi connectivity index (χ1) is 14.4. The highest BCUT2D eigenvalue weighted by atomic mass is 32.2. The van der Waals surface area contributed by atoms with Crippen LogP contribution in [0.15, 0.2) is 53.6 Å². The van der Waals surface area contributed by atoms with Crippen molar-refractivity contribution < 1.29 is 13.2 Å². The molecule has 1 amide bonds. The SMILES string of the molecule is CNS(=O)(=O)c1ccc(CCC(=O)NC(CCSC)c2nnc3ccccn23)cc1. The van der Waals surface area contributed by atoms with Crippen LogP contribution in [0.1, 0.15) is 30.3 Å². The average molecular weight is 448 g/mol. The number of fused-ring (bicyclic) bond motifs is 1. The maximum atomic E-state index is 12.6. The summed E-state index contributed by atoms with van der Waals surface area (Å²) in [7, 11) is -2.09. The minimum atomic E-state index is -3.46. The molecule has 2 N–H and O–H groups in total. The van der Waals surface area contributed by atoms with Gasteiger partial charge in [-0.25, -0.2) is 13.1 Å². The molecule has 0 aliphatic heterocycles. The Labute approximate surface area is 180 Å². The molecule has 0 saturated heterocycles. The number of aromatic nitrogens is 3. The first-order valence-electron chi connectivity index (χ1n) is 9.55. The second-order valence-corrected chi connectivity index (χ2v) is 9.61. The molecule has 0 aliphatic rings. The summed E-state index contributed by atoms with van der Waals surface area (Å²) < 4.78 is 27.8. The molecule has 160 valence electrons. The third kappa shape index (κ3) is 5.38. The number of carbonyl (C=O) groups is 1.